The second-order valence-corrected chi connectivity index (χ2v) is 9.24. The molecule has 2 amide bonds. The minimum absolute atomic E-state index is 0.114. The van der Waals surface area contributed by atoms with Gasteiger partial charge in [-0.2, -0.15) is 5.10 Å². The lowest BCUT2D eigenvalue weighted by Gasteiger charge is -2.32. The van der Waals surface area contributed by atoms with E-state index in [4.69, 9.17) is 0 Å². The van der Waals surface area contributed by atoms with Gasteiger partial charge < -0.3 is 10.2 Å². The molecular weight excluding hydrogens is 482 g/mol. The van der Waals surface area contributed by atoms with Gasteiger partial charge in [0.25, 0.3) is 0 Å². The van der Waals surface area contributed by atoms with Crippen molar-refractivity contribution in [1.82, 2.24) is 29.6 Å². The molecule has 4 aromatic rings. The summed E-state index contributed by atoms with van der Waals surface area (Å²) in [5.41, 5.74) is 3.37. The van der Waals surface area contributed by atoms with Gasteiger partial charge in [0.15, 0.2) is 5.78 Å². The zero-order valence-corrected chi connectivity index (χ0v) is 21.4. The standard InChI is InChI=1S/C28H27N7O3/c1-17-7-6-9-25(31-17)32-28(38)24-8-4-5-12-34(24)26(37)16-35-23-11-10-20(21-14-29-19(3)30-15-21)13-22(23)27(33-35)18(2)36/h4-7,9-11,13-15,24H,8,12,16H2,1-3H3,(H,31,32,38)/t24-/m0/s1. The molecule has 1 aliphatic heterocycles. The fraction of sp³-hybridized carbons (Fsp3) is 0.250. The van der Waals surface area contributed by atoms with Crippen LogP contribution in [0, 0.1) is 13.8 Å². The first-order valence-electron chi connectivity index (χ1n) is 12.3. The highest BCUT2D eigenvalue weighted by molar-refractivity contribution is 6.06. The van der Waals surface area contributed by atoms with E-state index in [9.17, 15) is 14.4 Å². The molecule has 192 valence electrons. The van der Waals surface area contributed by atoms with Crippen LogP contribution in [0.2, 0.25) is 0 Å². The van der Waals surface area contributed by atoms with Crippen molar-refractivity contribution in [2.24, 2.45) is 0 Å². The van der Waals surface area contributed by atoms with E-state index in [0.717, 1.165) is 16.8 Å². The molecule has 5 rings (SSSR count). The van der Waals surface area contributed by atoms with Crippen molar-refractivity contribution >= 4 is 34.3 Å². The third-order valence-electron chi connectivity index (χ3n) is 6.45. The number of nitrogens with one attached hydrogen (secondary N) is 1. The van der Waals surface area contributed by atoms with Gasteiger partial charge in [0.2, 0.25) is 11.8 Å². The summed E-state index contributed by atoms with van der Waals surface area (Å²) in [6.45, 7) is 5.29. The van der Waals surface area contributed by atoms with E-state index >= 15 is 0 Å². The van der Waals surface area contributed by atoms with Gasteiger partial charge in [-0.05, 0) is 50.1 Å². The minimum atomic E-state index is -0.683. The Kier molecular flexibility index (Phi) is 6.78. The predicted octanol–water partition coefficient (Wildman–Crippen LogP) is 3.50. The summed E-state index contributed by atoms with van der Waals surface area (Å²) in [7, 11) is 0. The van der Waals surface area contributed by atoms with Crippen molar-refractivity contribution in [3.8, 4) is 11.1 Å². The van der Waals surface area contributed by atoms with Crippen molar-refractivity contribution in [3.05, 3.63) is 78.2 Å². The monoisotopic (exact) mass is 509 g/mol. The summed E-state index contributed by atoms with van der Waals surface area (Å²) >= 11 is 0. The van der Waals surface area contributed by atoms with E-state index in [2.05, 4.69) is 25.4 Å². The SMILES string of the molecule is CC(=O)c1nn(CC(=O)N2CC=CC[C@H]2C(=O)Nc2cccc(C)n2)c2ccc(-c3cnc(C)nc3)cc12. The van der Waals surface area contributed by atoms with E-state index < -0.39 is 6.04 Å². The van der Waals surface area contributed by atoms with E-state index in [-0.39, 0.29) is 29.8 Å². The molecule has 0 radical (unpaired) electrons. The first kappa shape index (κ1) is 24.9. The number of Topliss-reactive ketones (excluding diaryl/α,β-unsaturated/α-hetero) is 1. The number of hydrogen-bond donors (Lipinski definition) is 1. The van der Waals surface area contributed by atoms with Gasteiger partial charge in [-0.25, -0.2) is 15.0 Å². The fourth-order valence-electron chi connectivity index (χ4n) is 4.51. The molecule has 0 bridgehead atoms. The number of pyridine rings is 1. The van der Waals surface area contributed by atoms with Crippen molar-refractivity contribution in [3.63, 3.8) is 0 Å². The predicted molar refractivity (Wildman–Crippen MR) is 142 cm³/mol. The van der Waals surface area contributed by atoms with Crippen LogP contribution >= 0.6 is 0 Å². The molecule has 1 aliphatic rings. The van der Waals surface area contributed by atoms with Gasteiger partial charge in [-0.15, -0.1) is 0 Å². The highest BCUT2D eigenvalue weighted by Gasteiger charge is 2.31. The Morgan fingerprint density at radius 3 is 2.55 bits per heavy atom. The number of amides is 2. The molecule has 0 spiro atoms. The smallest absolute Gasteiger partial charge is 0.248 e. The van der Waals surface area contributed by atoms with E-state index in [1.54, 1.807) is 18.5 Å². The lowest BCUT2D eigenvalue weighted by Crippen LogP contribution is -2.49. The normalized spacial score (nSPS) is 15.0. The molecule has 1 aromatic carbocycles. The van der Waals surface area contributed by atoms with Crippen LogP contribution in [0.4, 0.5) is 5.82 Å². The second-order valence-electron chi connectivity index (χ2n) is 9.24. The van der Waals surface area contributed by atoms with Gasteiger partial charge in [0.05, 0.1) is 5.52 Å². The highest BCUT2D eigenvalue weighted by Crippen LogP contribution is 2.27. The Bertz CT molecular complexity index is 1570. The lowest BCUT2D eigenvalue weighted by atomic mass is 10.0. The summed E-state index contributed by atoms with van der Waals surface area (Å²) in [6.07, 6.45) is 7.61. The topological polar surface area (TPSA) is 123 Å². The molecule has 3 aromatic heterocycles. The zero-order chi connectivity index (χ0) is 26.8. The van der Waals surface area contributed by atoms with Crippen molar-refractivity contribution in [1.29, 1.82) is 0 Å². The molecule has 10 heteroatoms. The van der Waals surface area contributed by atoms with Crippen LogP contribution in [0.3, 0.4) is 0 Å². The summed E-state index contributed by atoms with van der Waals surface area (Å²) in [5, 5.41) is 7.94. The molecule has 10 nitrogen and oxygen atoms in total. The number of aromatic nitrogens is 5. The van der Waals surface area contributed by atoms with Gasteiger partial charge in [-0.1, -0.05) is 24.3 Å². The number of nitrogens with zero attached hydrogens (tertiary/aromatic N) is 6. The van der Waals surface area contributed by atoms with Crippen LogP contribution in [0.25, 0.3) is 22.0 Å². The van der Waals surface area contributed by atoms with Gasteiger partial charge in [0, 0.05) is 42.5 Å². The Labute approximate surface area is 219 Å². The second kappa shape index (κ2) is 10.3. The molecule has 0 fully saturated rings. The Hall–Kier alpha value is -4.73. The average molecular weight is 510 g/mol. The minimum Gasteiger partial charge on any atom is -0.325 e. The first-order valence-corrected chi connectivity index (χ1v) is 12.3. The summed E-state index contributed by atoms with van der Waals surface area (Å²) in [5.74, 6) is 0.321. The zero-order valence-electron chi connectivity index (χ0n) is 21.4. The number of carbonyl (C=O) groups excluding carboxylic acids is 3. The first-order chi connectivity index (χ1) is 18.3. The number of ketones is 1. The van der Waals surface area contributed by atoms with E-state index in [0.29, 0.717) is 35.5 Å². The van der Waals surface area contributed by atoms with Crippen LogP contribution in [-0.2, 0) is 16.1 Å². The van der Waals surface area contributed by atoms with Crippen molar-refractivity contribution < 1.29 is 14.4 Å². The number of aryl methyl sites for hydroxylation is 2. The largest absolute Gasteiger partial charge is 0.325 e. The number of rotatable bonds is 6. The van der Waals surface area contributed by atoms with Gasteiger partial charge in [-0.3, -0.25) is 19.1 Å². The summed E-state index contributed by atoms with van der Waals surface area (Å²) in [6, 6.07) is 10.3. The van der Waals surface area contributed by atoms with Gasteiger partial charge >= 0.3 is 0 Å². The number of hydrogen-bond acceptors (Lipinski definition) is 7. The molecule has 0 saturated carbocycles. The third-order valence-corrected chi connectivity index (χ3v) is 6.45. The van der Waals surface area contributed by atoms with Crippen LogP contribution in [0.5, 0.6) is 0 Å². The lowest BCUT2D eigenvalue weighted by molar-refractivity contribution is -0.138. The molecule has 38 heavy (non-hydrogen) atoms. The van der Waals surface area contributed by atoms with Crippen molar-refractivity contribution in [2.75, 3.05) is 11.9 Å². The Morgan fingerprint density at radius 1 is 1.03 bits per heavy atom. The van der Waals surface area contributed by atoms with Crippen LogP contribution < -0.4 is 5.32 Å². The molecular formula is C28H27N7O3. The van der Waals surface area contributed by atoms with E-state index in [1.807, 2.05) is 56.3 Å². The summed E-state index contributed by atoms with van der Waals surface area (Å²) < 4.78 is 1.53. The van der Waals surface area contributed by atoms with Crippen LogP contribution in [0.15, 0.2) is 60.9 Å². The fourth-order valence-corrected chi connectivity index (χ4v) is 4.51. The number of fused-ring (bicyclic) bond motifs is 1. The Morgan fingerprint density at radius 2 is 1.82 bits per heavy atom. The molecule has 1 atom stereocenters. The summed E-state index contributed by atoms with van der Waals surface area (Å²) in [4.78, 5) is 53.3. The van der Waals surface area contributed by atoms with Crippen LogP contribution in [0.1, 0.15) is 35.4 Å². The maximum absolute atomic E-state index is 13.5. The molecule has 0 saturated heterocycles. The third kappa shape index (κ3) is 5.06. The number of benzene rings is 1. The number of carbonyl (C=O) groups is 3. The average Bonchev–Trinajstić information content (AvgIpc) is 3.27. The maximum atomic E-state index is 13.5. The number of anilines is 1. The van der Waals surface area contributed by atoms with Crippen molar-refractivity contribution in [2.45, 2.75) is 39.8 Å². The van der Waals surface area contributed by atoms with Crippen LogP contribution in [-0.4, -0.2) is 59.8 Å². The maximum Gasteiger partial charge on any atom is 0.248 e. The molecule has 1 N–H and O–H groups in total. The molecule has 4 heterocycles. The Balaban J connectivity index is 1.41. The van der Waals surface area contributed by atoms with Gasteiger partial charge in [0.1, 0.15) is 29.9 Å². The highest BCUT2D eigenvalue weighted by atomic mass is 16.2. The van der Waals surface area contributed by atoms with E-state index in [1.165, 1.54) is 16.5 Å². The molecule has 0 aliphatic carbocycles. The quantitative estimate of drug-likeness (QED) is 0.312. The molecule has 0 unspecified atom stereocenters.